The Morgan fingerprint density at radius 1 is 1.58 bits per heavy atom. The molecule has 0 aromatic carbocycles. The van der Waals surface area contributed by atoms with Gasteiger partial charge in [-0.2, -0.15) is 5.10 Å². The molecule has 0 aliphatic heterocycles. The molecule has 3 rings (SSSR count). The lowest BCUT2D eigenvalue weighted by Gasteiger charge is -2.06. The number of carbonyl (C=O) groups is 1. The van der Waals surface area contributed by atoms with Crippen molar-refractivity contribution in [2.24, 2.45) is 0 Å². The molecule has 1 aliphatic carbocycles. The van der Waals surface area contributed by atoms with Crippen molar-refractivity contribution in [3.8, 4) is 0 Å². The van der Waals surface area contributed by atoms with E-state index in [9.17, 15) is 4.79 Å². The number of nitrogens with one attached hydrogen (secondary N) is 2. The van der Waals surface area contributed by atoms with Gasteiger partial charge in [0.2, 0.25) is 0 Å². The molecule has 0 radical (unpaired) electrons. The number of anilines is 2. The number of aromatic nitrogens is 3. The van der Waals surface area contributed by atoms with E-state index in [1.807, 2.05) is 23.8 Å². The number of aromatic amines is 1. The highest BCUT2D eigenvalue weighted by Gasteiger charge is 2.27. The van der Waals surface area contributed by atoms with Crippen molar-refractivity contribution in [2.75, 3.05) is 11.1 Å². The standard InChI is InChI=1S/C13H17N5O/c1-2-9-6-12(17-16-9)15-13(19)11-5-8(14)7-18(11)10-3-4-10/h5-7,10H,2-4,14H2,1H3,(H2,15,16,17,19). The first-order chi connectivity index (χ1) is 9.17. The lowest BCUT2D eigenvalue weighted by atomic mass is 10.3. The Balaban J connectivity index is 1.79. The van der Waals surface area contributed by atoms with Crippen LogP contribution in [-0.2, 0) is 6.42 Å². The van der Waals surface area contributed by atoms with Crippen LogP contribution in [0.25, 0.3) is 0 Å². The molecular weight excluding hydrogens is 242 g/mol. The molecule has 0 unspecified atom stereocenters. The molecule has 4 N–H and O–H groups in total. The van der Waals surface area contributed by atoms with E-state index in [0.717, 1.165) is 25.0 Å². The van der Waals surface area contributed by atoms with Crippen LogP contribution in [0.2, 0.25) is 0 Å². The number of nitrogen functional groups attached to an aromatic ring is 1. The van der Waals surface area contributed by atoms with Gasteiger partial charge in [0, 0.05) is 24.0 Å². The van der Waals surface area contributed by atoms with Crippen LogP contribution in [0.4, 0.5) is 11.5 Å². The molecule has 0 atom stereocenters. The van der Waals surface area contributed by atoms with Crippen molar-refractivity contribution in [3.05, 3.63) is 29.7 Å². The summed E-state index contributed by atoms with van der Waals surface area (Å²) in [5, 5.41) is 9.71. The van der Waals surface area contributed by atoms with Gasteiger partial charge >= 0.3 is 0 Å². The van der Waals surface area contributed by atoms with Crippen LogP contribution in [-0.4, -0.2) is 20.7 Å². The molecular formula is C13H17N5O. The van der Waals surface area contributed by atoms with Crippen LogP contribution in [0.5, 0.6) is 0 Å². The van der Waals surface area contributed by atoms with E-state index in [-0.39, 0.29) is 5.91 Å². The van der Waals surface area contributed by atoms with Crippen molar-refractivity contribution in [2.45, 2.75) is 32.2 Å². The molecule has 2 aromatic rings. The van der Waals surface area contributed by atoms with Gasteiger partial charge in [-0.3, -0.25) is 9.89 Å². The lowest BCUT2D eigenvalue weighted by Crippen LogP contribution is -2.16. The quantitative estimate of drug-likeness (QED) is 0.784. The molecule has 2 heterocycles. The van der Waals surface area contributed by atoms with Gasteiger partial charge in [-0.1, -0.05) is 6.92 Å². The first-order valence-electron chi connectivity index (χ1n) is 6.50. The van der Waals surface area contributed by atoms with Gasteiger partial charge < -0.3 is 15.6 Å². The SMILES string of the molecule is CCc1cc(NC(=O)c2cc(N)cn2C2CC2)n[nH]1. The molecule has 100 valence electrons. The molecule has 6 heteroatoms. The third kappa shape index (κ3) is 2.33. The minimum atomic E-state index is -0.169. The van der Waals surface area contributed by atoms with Crippen LogP contribution in [0, 0.1) is 0 Å². The Labute approximate surface area is 111 Å². The normalized spacial score (nSPS) is 14.6. The van der Waals surface area contributed by atoms with E-state index in [1.165, 1.54) is 0 Å². The minimum Gasteiger partial charge on any atom is -0.397 e. The second-order valence-corrected chi connectivity index (χ2v) is 4.88. The van der Waals surface area contributed by atoms with Gasteiger partial charge in [-0.15, -0.1) is 0 Å². The van der Waals surface area contributed by atoms with Gasteiger partial charge in [-0.05, 0) is 25.3 Å². The second-order valence-electron chi connectivity index (χ2n) is 4.88. The monoisotopic (exact) mass is 259 g/mol. The average molecular weight is 259 g/mol. The van der Waals surface area contributed by atoms with Gasteiger partial charge in [0.05, 0.1) is 5.69 Å². The fourth-order valence-corrected chi connectivity index (χ4v) is 2.12. The van der Waals surface area contributed by atoms with Crippen LogP contribution in [0.3, 0.4) is 0 Å². The predicted octanol–water partition coefficient (Wildman–Crippen LogP) is 1.94. The van der Waals surface area contributed by atoms with Gasteiger partial charge in [0.1, 0.15) is 5.69 Å². The van der Waals surface area contributed by atoms with E-state index in [4.69, 9.17) is 5.73 Å². The predicted molar refractivity (Wildman–Crippen MR) is 73.0 cm³/mol. The summed E-state index contributed by atoms with van der Waals surface area (Å²) in [6.45, 7) is 2.03. The smallest absolute Gasteiger partial charge is 0.273 e. The van der Waals surface area contributed by atoms with E-state index in [2.05, 4.69) is 15.5 Å². The summed E-state index contributed by atoms with van der Waals surface area (Å²) in [5.41, 5.74) is 7.99. The largest absolute Gasteiger partial charge is 0.397 e. The number of aryl methyl sites for hydroxylation is 1. The lowest BCUT2D eigenvalue weighted by molar-refractivity contribution is 0.101. The number of amides is 1. The zero-order chi connectivity index (χ0) is 13.4. The van der Waals surface area contributed by atoms with Crippen LogP contribution < -0.4 is 11.1 Å². The Morgan fingerprint density at radius 3 is 3.00 bits per heavy atom. The summed E-state index contributed by atoms with van der Waals surface area (Å²) < 4.78 is 1.96. The minimum absolute atomic E-state index is 0.169. The third-order valence-electron chi connectivity index (χ3n) is 3.30. The molecule has 1 aliphatic rings. The number of nitrogens with zero attached hydrogens (tertiary/aromatic N) is 2. The van der Waals surface area contributed by atoms with E-state index in [0.29, 0.717) is 23.2 Å². The molecule has 0 saturated heterocycles. The number of H-pyrrole nitrogens is 1. The summed E-state index contributed by atoms with van der Waals surface area (Å²) >= 11 is 0. The Bertz CT molecular complexity index is 608. The number of nitrogens with two attached hydrogens (primary N) is 1. The van der Waals surface area contributed by atoms with E-state index < -0.39 is 0 Å². The van der Waals surface area contributed by atoms with Gasteiger partial charge in [0.15, 0.2) is 5.82 Å². The molecule has 2 aromatic heterocycles. The molecule has 6 nitrogen and oxygen atoms in total. The van der Waals surface area contributed by atoms with Crippen molar-refractivity contribution in [3.63, 3.8) is 0 Å². The summed E-state index contributed by atoms with van der Waals surface area (Å²) in [6, 6.07) is 3.97. The van der Waals surface area contributed by atoms with Crippen LogP contribution in [0.1, 0.15) is 42.0 Å². The molecule has 1 fully saturated rings. The van der Waals surface area contributed by atoms with Crippen molar-refractivity contribution >= 4 is 17.4 Å². The summed E-state index contributed by atoms with van der Waals surface area (Å²) in [6.07, 6.45) is 4.90. The number of hydrogen-bond acceptors (Lipinski definition) is 3. The maximum Gasteiger partial charge on any atom is 0.273 e. The first kappa shape index (κ1) is 11.8. The van der Waals surface area contributed by atoms with Gasteiger partial charge in [0.25, 0.3) is 5.91 Å². The maximum absolute atomic E-state index is 12.2. The highest BCUT2D eigenvalue weighted by Crippen LogP contribution is 2.37. The zero-order valence-corrected chi connectivity index (χ0v) is 10.8. The van der Waals surface area contributed by atoms with Crippen molar-refractivity contribution in [1.29, 1.82) is 0 Å². The third-order valence-corrected chi connectivity index (χ3v) is 3.30. The Morgan fingerprint density at radius 2 is 2.37 bits per heavy atom. The maximum atomic E-state index is 12.2. The van der Waals surface area contributed by atoms with Crippen LogP contribution in [0.15, 0.2) is 18.3 Å². The molecule has 19 heavy (non-hydrogen) atoms. The second kappa shape index (κ2) is 4.46. The van der Waals surface area contributed by atoms with Crippen molar-refractivity contribution in [1.82, 2.24) is 14.8 Å². The fraction of sp³-hybridized carbons (Fsp3) is 0.385. The molecule has 0 bridgehead atoms. The number of rotatable bonds is 4. The Kier molecular flexibility index (Phi) is 2.77. The first-order valence-corrected chi connectivity index (χ1v) is 6.50. The summed E-state index contributed by atoms with van der Waals surface area (Å²) in [4.78, 5) is 12.2. The van der Waals surface area contributed by atoms with E-state index in [1.54, 1.807) is 6.07 Å². The Hall–Kier alpha value is -2.24. The molecule has 0 spiro atoms. The number of carbonyl (C=O) groups excluding carboxylic acids is 1. The molecule has 1 amide bonds. The summed E-state index contributed by atoms with van der Waals surface area (Å²) in [7, 11) is 0. The summed E-state index contributed by atoms with van der Waals surface area (Å²) in [5.74, 6) is 0.377. The molecule has 1 saturated carbocycles. The van der Waals surface area contributed by atoms with E-state index >= 15 is 0 Å². The highest BCUT2D eigenvalue weighted by molar-refractivity contribution is 6.03. The highest BCUT2D eigenvalue weighted by atomic mass is 16.2. The van der Waals surface area contributed by atoms with Crippen LogP contribution >= 0.6 is 0 Å². The van der Waals surface area contributed by atoms with Crippen molar-refractivity contribution < 1.29 is 4.79 Å². The average Bonchev–Trinajstić information content (AvgIpc) is 3.01. The topological polar surface area (TPSA) is 88.7 Å². The zero-order valence-electron chi connectivity index (χ0n) is 10.8. The fourth-order valence-electron chi connectivity index (χ4n) is 2.12. The van der Waals surface area contributed by atoms with Gasteiger partial charge in [-0.25, -0.2) is 0 Å². The number of hydrogen-bond donors (Lipinski definition) is 3.